The lowest BCUT2D eigenvalue weighted by molar-refractivity contribution is -0.144. The molecule has 1 atom stereocenters. The van der Waals surface area contributed by atoms with Crippen LogP contribution in [0.25, 0.3) is 0 Å². The van der Waals surface area contributed by atoms with Gasteiger partial charge >= 0.3 is 5.97 Å². The van der Waals surface area contributed by atoms with Gasteiger partial charge in [0.15, 0.2) is 0 Å². The molecule has 0 rings (SSSR count). The Morgan fingerprint density at radius 3 is 2.75 bits per heavy atom. The van der Waals surface area contributed by atoms with Gasteiger partial charge in [-0.15, -0.1) is 0 Å². The van der Waals surface area contributed by atoms with Crippen molar-refractivity contribution in [2.45, 2.75) is 32.8 Å². The lowest BCUT2D eigenvalue weighted by Gasteiger charge is -2.10. The summed E-state index contributed by atoms with van der Waals surface area (Å²) < 4.78 is 4.96. The quantitative estimate of drug-likeness (QED) is 0.465. The van der Waals surface area contributed by atoms with E-state index in [2.05, 4.69) is 6.58 Å². The van der Waals surface area contributed by atoms with Gasteiger partial charge in [0.2, 0.25) is 0 Å². The summed E-state index contributed by atoms with van der Waals surface area (Å²) in [6.07, 6.45) is 7.27. The van der Waals surface area contributed by atoms with Crippen LogP contribution in [0.5, 0.6) is 0 Å². The van der Waals surface area contributed by atoms with Crippen LogP contribution < -0.4 is 0 Å². The van der Waals surface area contributed by atoms with Crippen molar-refractivity contribution < 1.29 is 9.53 Å². The van der Waals surface area contributed by atoms with Gasteiger partial charge in [-0.05, 0) is 19.8 Å². The average Bonchev–Trinajstić information content (AvgIpc) is 2.02. The Hall–Kier alpha value is -1.05. The third kappa shape index (κ3) is 5.71. The molecule has 0 aromatic carbocycles. The van der Waals surface area contributed by atoms with Gasteiger partial charge < -0.3 is 4.74 Å². The highest BCUT2D eigenvalue weighted by atomic mass is 16.5. The Labute approximate surface area is 73.9 Å². The summed E-state index contributed by atoms with van der Waals surface area (Å²) in [4.78, 5) is 10.6. The largest absolute Gasteiger partial charge is 0.458 e. The fourth-order valence-electron chi connectivity index (χ4n) is 0.865. The van der Waals surface area contributed by atoms with Crippen molar-refractivity contribution in [2.24, 2.45) is 0 Å². The molecule has 2 heteroatoms. The Morgan fingerprint density at radius 1 is 1.67 bits per heavy atom. The van der Waals surface area contributed by atoms with Crippen molar-refractivity contribution in [3.05, 3.63) is 24.8 Å². The first-order chi connectivity index (χ1) is 5.70. The van der Waals surface area contributed by atoms with E-state index in [0.717, 1.165) is 12.8 Å². The van der Waals surface area contributed by atoms with Crippen molar-refractivity contribution in [1.82, 2.24) is 0 Å². The summed E-state index contributed by atoms with van der Waals surface area (Å²) >= 11 is 0. The molecule has 0 N–H and O–H groups in total. The van der Waals surface area contributed by atoms with Crippen LogP contribution in [0.15, 0.2) is 24.8 Å². The second kappa shape index (κ2) is 6.65. The summed E-state index contributed by atoms with van der Waals surface area (Å²) in [5.74, 6) is -0.250. The number of allylic oxidation sites excluding steroid dienone is 2. The van der Waals surface area contributed by atoms with Gasteiger partial charge in [0.05, 0.1) is 0 Å². The SMILES string of the molecule is C=CC(CCC=CC)OC(C)=O. The summed E-state index contributed by atoms with van der Waals surface area (Å²) in [5.41, 5.74) is 0. The molecule has 1 unspecified atom stereocenters. The van der Waals surface area contributed by atoms with Crippen molar-refractivity contribution in [3.8, 4) is 0 Å². The van der Waals surface area contributed by atoms with E-state index >= 15 is 0 Å². The van der Waals surface area contributed by atoms with Crippen molar-refractivity contribution in [3.63, 3.8) is 0 Å². The topological polar surface area (TPSA) is 26.3 Å². The minimum absolute atomic E-state index is 0.140. The number of carbonyl (C=O) groups is 1. The summed E-state index contributed by atoms with van der Waals surface area (Å²) in [5, 5.41) is 0. The second-order valence-corrected chi connectivity index (χ2v) is 2.53. The normalized spacial score (nSPS) is 12.8. The fourth-order valence-corrected chi connectivity index (χ4v) is 0.865. The van der Waals surface area contributed by atoms with Crippen LogP contribution in [0.3, 0.4) is 0 Å². The first-order valence-corrected chi connectivity index (χ1v) is 4.11. The van der Waals surface area contributed by atoms with Crippen LogP contribution in [0.1, 0.15) is 26.7 Å². The molecule has 0 aromatic rings. The van der Waals surface area contributed by atoms with E-state index in [-0.39, 0.29) is 12.1 Å². The Bertz CT molecular complexity index is 171. The van der Waals surface area contributed by atoms with Gasteiger partial charge in [-0.25, -0.2) is 0 Å². The van der Waals surface area contributed by atoms with E-state index < -0.39 is 0 Å². The molecule has 0 spiro atoms. The number of rotatable bonds is 5. The summed E-state index contributed by atoms with van der Waals surface area (Å²) in [6, 6.07) is 0. The first kappa shape index (κ1) is 11.0. The summed E-state index contributed by atoms with van der Waals surface area (Å²) in [6.45, 7) is 6.97. The second-order valence-electron chi connectivity index (χ2n) is 2.53. The molecule has 0 aliphatic rings. The molecule has 68 valence electrons. The third-order valence-corrected chi connectivity index (χ3v) is 1.43. The van der Waals surface area contributed by atoms with E-state index in [4.69, 9.17) is 4.74 Å². The minimum atomic E-state index is -0.250. The zero-order chi connectivity index (χ0) is 9.40. The monoisotopic (exact) mass is 168 g/mol. The van der Waals surface area contributed by atoms with Crippen LogP contribution in [0.2, 0.25) is 0 Å². The van der Waals surface area contributed by atoms with Crippen LogP contribution in [0.4, 0.5) is 0 Å². The van der Waals surface area contributed by atoms with E-state index in [1.807, 2.05) is 19.1 Å². The Kier molecular flexibility index (Phi) is 6.07. The molecule has 0 radical (unpaired) electrons. The molecule has 0 saturated heterocycles. The van der Waals surface area contributed by atoms with Crippen LogP contribution in [-0.2, 0) is 9.53 Å². The number of ether oxygens (including phenoxy) is 1. The Morgan fingerprint density at radius 2 is 2.33 bits per heavy atom. The maximum atomic E-state index is 10.6. The molecule has 0 aliphatic carbocycles. The van der Waals surface area contributed by atoms with Crippen LogP contribution in [-0.4, -0.2) is 12.1 Å². The standard InChI is InChI=1S/C10H16O2/c1-4-6-7-8-10(5-2)12-9(3)11/h4-6,10H,2,7-8H2,1,3H3. The molecule has 0 amide bonds. The van der Waals surface area contributed by atoms with Crippen molar-refractivity contribution in [1.29, 1.82) is 0 Å². The van der Waals surface area contributed by atoms with Gasteiger partial charge in [0.1, 0.15) is 6.10 Å². The molecule has 0 bridgehead atoms. The minimum Gasteiger partial charge on any atom is -0.458 e. The summed E-state index contributed by atoms with van der Waals surface area (Å²) in [7, 11) is 0. The Balaban J connectivity index is 3.67. The molecule has 2 nitrogen and oxygen atoms in total. The highest BCUT2D eigenvalue weighted by Gasteiger charge is 2.04. The van der Waals surface area contributed by atoms with Crippen LogP contribution >= 0.6 is 0 Å². The average molecular weight is 168 g/mol. The molecule has 0 aromatic heterocycles. The van der Waals surface area contributed by atoms with Gasteiger partial charge in [0, 0.05) is 6.92 Å². The number of esters is 1. The van der Waals surface area contributed by atoms with Gasteiger partial charge in [-0.3, -0.25) is 4.79 Å². The number of hydrogen-bond acceptors (Lipinski definition) is 2. The number of carbonyl (C=O) groups excluding carboxylic acids is 1. The molecule has 0 heterocycles. The van der Waals surface area contributed by atoms with E-state index in [9.17, 15) is 4.79 Å². The van der Waals surface area contributed by atoms with Gasteiger partial charge in [0.25, 0.3) is 0 Å². The van der Waals surface area contributed by atoms with Crippen molar-refractivity contribution in [2.75, 3.05) is 0 Å². The molecular weight excluding hydrogens is 152 g/mol. The maximum Gasteiger partial charge on any atom is 0.303 e. The first-order valence-electron chi connectivity index (χ1n) is 4.11. The maximum absolute atomic E-state index is 10.6. The fraction of sp³-hybridized carbons (Fsp3) is 0.500. The molecule has 0 aliphatic heterocycles. The van der Waals surface area contributed by atoms with Gasteiger partial charge in [-0.1, -0.05) is 24.8 Å². The lowest BCUT2D eigenvalue weighted by Crippen LogP contribution is -2.12. The molecular formula is C10H16O2. The molecule has 0 fully saturated rings. The third-order valence-electron chi connectivity index (χ3n) is 1.43. The highest BCUT2D eigenvalue weighted by molar-refractivity contribution is 5.66. The molecule has 12 heavy (non-hydrogen) atoms. The predicted molar refractivity (Wildman–Crippen MR) is 49.8 cm³/mol. The molecule has 0 saturated carbocycles. The van der Waals surface area contributed by atoms with E-state index in [1.54, 1.807) is 6.08 Å². The lowest BCUT2D eigenvalue weighted by atomic mass is 10.2. The van der Waals surface area contributed by atoms with E-state index in [1.165, 1.54) is 6.92 Å². The highest BCUT2D eigenvalue weighted by Crippen LogP contribution is 2.04. The zero-order valence-electron chi connectivity index (χ0n) is 7.75. The van der Waals surface area contributed by atoms with Gasteiger partial charge in [-0.2, -0.15) is 0 Å². The predicted octanol–water partition coefficient (Wildman–Crippen LogP) is 2.46. The zero-order valence-corrected chi connectivity index (χ0v) is 7.75. The smallest absolute Gasteiger partial charge is 0.303 e. The van der Waals surface area contributed by atoms with Crippen LogP contribution in [0, 0.1) is 0 Å². The number of hydrogen-bond donors (Lipinski definition) is 0. The van der Waals surface area contributed by atoms with E-state index in [0.29, 0.717) is 0 Å². The van der Waals surface area contributed by atoms with Crippen molar-refractivity contribution >= 4 is 5.97 Å².